The molecule has 0 amide bonds. The molecule has 4 heteroatoms. The number of aliphatic hydroxyl groups is 1. The van der Waals surface area contributed by atoms with Gasteiger partial charge in [0.15, 0.2) is 0 Å². The Kier molecular flexibility index (Phi) is 3.31. The van der Waals surface area contributed by atoms with E-state index in [0.29, 0.717) is 17.3 Å². The lowest BCUT2D eigenvalue weighted by Gasteiger charge is -2.05. The molecule has 1 rings (SSSR count). The second kappa shape index (κ2) is 4.28. The molecule has 0 aromatic heterocycles. The van der Waals surface area contributed by atoms with Gasteiger partial charge in [-0.1, -0.05) is 11.6 Å². The lowest BCUT2D eigenvalue weighted by molar-refractivity contribution is 0.311. The van der Waals surface area contributed by atoms with E-state index >= 15 is 0 Å². The molecule has 12 heavy (non-hydrogen) atoms. The summed E-state index contributed by atoms with van der Waals surface area (Å²) in [6.07, 6.45) is 0. The topological polar surface area (TPSA) is 32.3 Å². The molecule has 0 aliphatic carbocycles. The molecule has 0 fully saturated rings. The van der Waals surface area contributed by atoms with E-state index in [1.54, 1.807) is 0 Å². The SMILES string of the molecule is OCCNc1cc(F)ccc1Cl. The van der Waals surface area contributed by atoms with Crippen molar-refractivity contribution in [2.75, 3.05) is 18.5 Å². The zero-order chi connectivity index (χ0) is 8.97. The fourth-order valence-electron chi connectivity index (χ4n) is 0.824. The Morgan fingerprint density at radius 2 is 2.25 bits per heavy atom. The Morgan fingerprint density at radius 3 is 2.92 bits per heavy atom. The van der Waals surface area contributed by atoms with Crippen molar-refractivity contribution in [1.82, 2.24) is 0 Å². The largest absolute Gasteiger partial charge is 0.395 e. The van der Waals surface area contributed by atoms with E-state index in [1.807, 2.05) is 0 Å². The van der Waals surface area contributed by atoms with Crippen molar-refractivity contribution in [3.05, 3.63) is 29.0 Å². The predicted octanol–water partition coefficient (Wildman–Crippen LogP) is 1.88. The van der Waals surface area contributed by atoms with Crippen LogP contribution in [0.5, 0.6) is 0 Å². The van der Waals surface area contributed by atoms with Gasteiger partial charge in [0, 0.05) is 6.54 Å². The van der Waals surface area contributed by atoms with Crippen LogP contribution in [-0.4, -0.2) is 18.3 Å². The third-order valence-electron chi connectivity index (χ3n) is 1.36. The van der Waals surface area contributed by atoms with Gasteiger partial charge >= 0.3 is 0 Å². The number of hydrogen-bond donors (Lipinski definition) is 2. The summed E-state index contributed by atoms with van der Waals surface area (Å²) in [5, 5.41) is 11.7. The highest BCUT2D eigenvalue weighted by atomic mass is 35.5. The lowest BCUT2D eigenvalue weighted by atomic mass is 10.3. The van der Waals surface area contributed by atoms with Crippen LogP contribution in [0.25, 0.3) is 0 Å². The molecular weight excluding hydrogens is 181 g/mol. The number of rotatable bonds is 3. The summed E-state index contributed by atoms with van der Waals surface area (Å²) in [7, 11) is 0. The summed E-state index contributed by atoms with van der Waals surface area (Å²) in [5.41, 5.74) is 0.505. The van der Waals surface area contributed by atoms with Crippen LogP contribution in [0.4, 0.5) is 10.1 Å². The number of benzene rings is 1. The predicted molar refractivity (Wildman–Crippen MR) is 47.0 cm³/mol. The smallest absolute Gasteiger partial charge is 0.125 e. The zero-order valence-corrected chi connectivity index (χ0v) is 7.11. The minimum absolute atomic E-state index is 0.00710. The molecule has 0 aliphatic heterocycles. The maximum atomic E-state index is 12.6. The van der Waals surface area contributed by atoms with Crippen LogP contribution in [0.2, 0.25) is 5.02 Å². The third kappa shape index (κ3) is 2.36. The van der Waals surface area contributed by atoms with Gasteiger partial charge in [0.25, 0.3) is 0 Å². The van der Waals surface area contributed by atoms with Crippen molar-refractivity contribution in [3.8, 4) is 0 Å². The van der Waals surface area contributed by atoms with Gasteiger partial charge in [0.05, 0.1) is 17.3 Å². The Hall–Kier alpha value is -0.800. The minimum Gasteiger partial charge on any atom is -0.395 e. The Balaban J connectivity index is 2.75. The monoisotopic (exact) mass is 189 g/mol. The molecular formula is C8H9ClFNO. The highest BCUT2D eigenvalue weighted by Crippen LogP contribution is 2.21. The first-order valence-corrected chi connectivity index (χ1v) is 3.91. The van der Waals surface area contributed by atoms with Crippen LogP contribution in [0, 0.1) is 5.82 Å². The fourth-order valence-corrected chi connectivity index (χ4v) is 1.01. The molecule has 2 N–H and O–H groups in total. The molecule has 0 aliphatic rings. The number of hydrogen-bond acceptors (Lipinski definition) is 2. The van der Waals surface area contributed by atoms with E-state index in [0.717, 1.165) is 0 Å². The summed E-state index contributed by atoms with van der Waals surface area (Å²) >= 11 is 5.72. The van der Waals surface area contributed by atoms with Crippen LogP contribution in [0.3, 0.4) is 0 Å². The van der Waals surface area contributed by atoms with Gasteiger partial charge in [-0.3, -0.25) is 0 Å². The van der Waals surface area contributed by atoms with Crippen LogP contribution >= 0.6 is 11.6 Å². The number of halogens is 2. The summed E-state index contributed by atoms with van der Waals surface area (Å²) in [5.74, 6) is -0.347. The lowest BCUT2D eigenvalue weighted by Crippen LogP contribution is -2.05. The van der Waals surface area contributed by atoms with Crippen LogP contribution in [-0.2, 0) is 0 Å². The summed E-state index contributed by atoms with van der Waals surface area (Å²) in [6.45, 7) is 0.357. The fraction of sp³-hybridized carbons (Fsp3) is 0.250. The molecule has 1 aromatic rings. The second-order valence-corrected chi connectivity index (χ2v) is 2.68. The molecule has 0 unspecified atom stereocenters. The Morgan fingerprint density at radius 1 is 1.50 bits per heavy atom. The van der Waals surface area contributed by atoms with Crippen molar-refractivity contribution in [3.63, 3.8) is 0 Å². The van der Waals surface area contributed by atoms with Gasteiger partial charge in [0.1, 0.15) is 5.82 Å². The first-order chi connectivity index (χ1) is 5.74. The number of nitrogens with one attached hydrogen (secondary N) is 1. The third-order valence-corrected chi connectivity index (χ3v) is 1.69. The Labute approximate surface area is 75.0 Å². The summed E-state index contributed by atoms with van der Waals surface area (Å²) in [6, 6.07) is 4.04. The molecule has 0 saturated heterocycles. The highest BCUT2D eigenvalue weighted by Gasteiger charge is 1.99. The van der Waals surface area contributed by atoms with Crippen molar-refractivity contribution in [2.24, 2.45) is 0 Å². The molecule has 0 radical (unpaired) electrons. The number of anilines is 1. The average Bonchev–Trinajstić information content (AvgIpc) is 2.07. The van der Waals surface area contributed by atoms with Gasteiger partial charge in [-0.05, 0) is 18.2 Å². The first-order valence-electron chi connectivity index (χ1n) is 3.54. The van der Waals surface area contributed by atoms with E-state index in [-0.39, 0.29) is 12.4 Å². The molecule has 0 atom stereocenters. The average molecular weight is 190 g/mol. The normalized spacial score (nSPS) is 9.92. The molecule has 0 bridgehead atoms. The summed E-state index contributed by atoms with van der Waals surface area (Å²) in [4.78, 5) is 0. The van der Waals surface area contributed by atoms with Crippen molar-refractivity contribution < 1.29 is 9.50 Å². The van der Waals surface area contributed by atoms with Crippen LogP contribution in [0.1, 0.15) is 0 Å². The van der Waals surface area contributed by atoms with Gasteiger partial charge in [-0.15, -0.1) is 0 Å². The maximum absolute atomic E-state index is 12.6. The van der Waals surface area contributed by atoms with Crippen LogP contribution < -0.4 is 5.32 Å². The molecule has 2 nitrogen and oxygen atoms in total. The molecule has 0 spiro atoms. The first kappa shape index (κ1) is 9.29. The van der Waals surface area contributed by atoms with E-state index < -0.39 is 0 Å². The zero-order valence-electron chi connectivity index (χ0n) is 6.35. The van der Waals surface area contributed by atoms with Crippen molar-refractivity contribution in [1.29, 1.82) is 0 Å². The van der Waals surface area contributed by atoms with Gasteiger partial charge in [0.2, 0.25) is 0 Å². The Bertz CT molecular complexity index is 267. The molecule has 66 valence electrons. The maximum Gasteiger partial charge on any atom is 0.125 e. The van der Waals surface area contributed by atoms with Gasteiger partial charge in [-0.25, -0.2) is 4.39 Å². The minimum atomic E-state index is -0.347. The van der Waals surface area contributed by atoms with E-state index in [9.17, 15) is 4.39 Å². The van der Waals surface area contributed by atoms with Crippen molar-refractivity contribution >= 4 is 17.3 Å². The molecule has 0 saturated carbocycles. The van der Waals surface area contributed by atoms with E-state index in [4.69, 9.17) is 16.7 Å². The highest BCUT2D eigenvalue weighted by molar-refractivity contribution is 6.33. The molecule has 0 heterocycles. The van der Waals surface area contributed by atoms with Crippen molar-refractivity contribution in [2.45, 2.75) is 0 Å². The van der Waals surface area contributed by atoms with Gasteiger partial charge in [-0.2, -0.15) is 0 Å². The van der Waals surface area contributed by atoms with Gasteiger partial charge < -0.3 is 10.4 Å². The number of aliphatic hydroxyl groups excluding tert-OH is 1. The van der Waals surface area contributed by atoms with E-state index in [1.165, 1.54) is 18.2 Å². The molecule has 1 aromatic carbocycles. The van der Waals surface area contributed by atoms with Crippen LogP contribution in [0.15, 0.2) is 18.2 Å². The quantitative estimate of drug-likeness (QED) is 0.761. The van der Waals surface area contributed by atoms with E-state index in [2.05, 4.69) is 5.32 Å². The second-order valence-electron chi connectivity index (χ2n) is 2.27. The standard InChI is InChI=1S/C8H9ClFNO/c9-7-2-1-6(10)5-8(7)11-3-4-12/h1-2,5,11-12H,3-4H2. The summed E-state index contributed by atoms with van der Waals surface area (Å²) < 4.78 is 12.6.